The molecule has 0 radical (unpaired) electrons. The molecule has 1 aromatic carbocycles. The molecule has 0 amide bonds. The normalized spacial score (nSPS) is 11.4. The van der Waals surface area contributed by atoms with Crippen molar-refractivity contribution in [2.45, 2.75) is 13.3 Å². The van der Waals surface area contributed by atoms with Crippen LogP contribution in [0.5, 0.6) is 0 Å². The first-order valence-corrected chi connectivity index (χ1v) is 9.34. The van der Waals surface area contributed by atoms with E-state index >= 15 is 0 Å². The van der Waals surface area contributed by atoms with Gasteiger partial charge in [0.15, 0.2) is 0 Å². The zero-order valence-corrected chi connectivity index (χ0v) is 15.1. The van der Waals surface area contributed by atoms with Crippen molar-refractivity contribution in [2.75, 3.05) is 11.9 Å². The highest BCUT2D eigenvalue weighted by molar-refractivity contribution is 9.10. The Kier molecular flexibility index (Phi) is 3.83. The van der Waals surface area contributed by atoms with E-state index in [9.17, 15) is 0 Å². The third-order valence-electron chi connectivity index (χ3n) is 3.90. The Labute approximate surface area is 146 Å². The average molecular weight is 386 g/mol. The Balaban J connectivity index is 1.92. The Bertz CT molecular complexity index is 973. The summed E-state index contributed by atoms with van der Waals surface area (Å²) in [7, 11) is 0. The second-order valence-corrected chi connectivity index (χ2v) is 7.23. The topological polar surface area (TPSA) is 40.7 Å². The van der Waals surface area contributed by atoms with Crippen molar-refractivity contribution in [3.05, 3.63) is 56.8 Å². The van der Waals surface area contributed by atoms with E-state index in [1.54, 1.807) is 11.3 Å². The fraction of sp³-hybridized carbons (Fsp3) is 0.167. The minimum atomic E-state index is 0.854. The molecule has 116 valence electrons. The number of nitrogens with one attached hydrogen (secondary N) is 2. The summed E-state index contributed by atoms with van der Waals surface area (Å²) < 4.78 is 1.08. The van der Waals surface area contributed by atoms with E-state index in [2.05, 4.69) is 74.2 Å². The van der Waals surface area contributed by atoms with Crippen molar-refractivity contribution in [3.8, 4) is 0 Å². The standard InChI is InChI=1S/C18H16BrN3S/c1-2-20-18-17-14-4-3-12(19)8-15(14)22-16(17)9-13(21-18)7-11-5-6-23-10-11/h3-6,8-10,22H,2,7H2,1H3,(H,20,21). The van der Waals surface area contributed by atoms with Crippen molar-refractivity contribution in [2.24, 2.45) is 0 Å². The number of aromatic nitrogens is 2. The number of anilines is 1. The van der Waals surface area contributed by atoms with Crippen LogP contribution in [0.2, 0.25) is 0 Å². The molecule has 3 aromatic heterocycles. The number of halogens is 1. The first kappa shape index (κ1) is 14.7. The summed E-state index contributed by atoms with van der Waals surface area (Å²) in [6, 6.07) is 10.7. The van der Waals surface area contributed by atoms with Gasteiger partial charge in [0.05, 0.1) is 5.52 Å². The Hall–Kier alpha value is -1.85. The molecular weight excluding hydrogens is 370 g/mol. The number of hydrogen-bond acceptors (Lipinski definition) is 3. The van der Waals surface area contributed by atoms with E-state index in [0.717, 1.165) is 40.0 Å². The fourth-order valence-corrected chi connectivity index (χ4v) is 3.97. The molecule has 4 aromatic rings. The van der Waals surface area contributed by atoms with Gasteiger partial charge in [0.1, 0.15) is 5.82 Å². The minimum Gasteiger partial charge on any atom is -0.370 e. The molecule has 0 bridgehead atoms. The number of thiophene rings is 1. The van der Waals surface area contributed by atoms with Gasteiger partial charge in [-0.2, -0.15) is 11.3 Å². The number of H-pyrrole nitrogens is 1. The number of hydrogen-bond donors (Lipinski definition) is 2. The highest BCUT2D eigenvalue weighted by Gasteiger charge is 2.12. The van der Waals surface area contributed by atoms with E-state index in [-0.39, 0.29) is 0 Å². The van der Waals surface area contributed by atoms with Crippen LogP contribution in [0.15, 0.2) is 45.6 Å². The van der Waals surface area contributed by atoms with Crippen molar-refractivity contribution < 1.29 is 0 Å². The first-order chi connectivity index (χ1) is 11.2. The predicted octanol–water partition coefficient (Wildman–Crippen LogP) is 5.56. The lowest BCUT2D eigenvalue weighted by Gasteiger charge is -2.08. The molecule has 0 spiro atoms. The van der Waals surface area contributed by atoms with Crippen LogP contribution >= 0.6 is 27.3 Å². The van der Waals surface area contributed by atoms with Gasteiger partial charge in [0.2, 0.25) is 0 Å². The van der Waals surface area contributed by atoms with Crippen LogP contribution in [0.1, 0.15) is 18.2 Å². The number of aromatic amines is 1. The molecular formula is C18H16BrN3S. The summed E-state index contributed by atoms with van der Waals surface area (Å²) in [5, 5.41) is 10.1. The van der Waals surface area contributed by atoms with Crippen LogP contribution in [-0.4, -0.2) is 16.5 Å². The monoisotopic (exact) mass is 385 g/mol. The van der Waals surface area contributed by atoms with Gasteiger partial charge < -0.3 is 10.3 Å². The van der Waals surface area contributed by atoms with E-state index in [1.807, 2.05) is 0 Å². The average Bonchev–Trinajstić information content (AvgIpc) is 3.14. The number of benzene rings is 1. The predicted molar refractivity (Wildman–Crippen MR) is 103 cm³/mol. The Morgan fingerprint density at radius 1 is 1.22 bits per heavy atom. The fourth-order valence-electron chi connectivity index (χ4n) is 2.94. The molecule has 0 aliphatic carbocycles. The van der Waals surface area contributed by atoms with Gasteiger partial charge in [0.25, 0.3) is 0 Å². The van der Waals surface area contributed by atoms with Gasteiger partial charge in [-0.25, -0.2) is 4.98 Å². The number of nitrogens with zero attached hydrogens (tertiary/aromatic N) is 1. The second kappa shape index (κ2) is 5.98. The molecule has 23 heavy (non-hydrogen) atoms. The Morgan fingerprint density at radius 3 is 2.91 bits per heavy atom. The molecule has 0 fully saturated rings. The molecule has 5 heteroatoms. The van der Waals surface area contributed by atoms with Gasteiger partial charge in [-0.3, -0.25) is 0 Å². The lowest BCUT2D eigenvalue weighted by Crippen LogP contribution is -2.02. The molecule has 0 aliphatic heterocycles. The molecule has 3 heterocycles. The summed E-state index contributed by atoms with van der Waals surface area (Å²) in [5.41, 5.74) is 4.65. The van der Waals surface area contributed by atoms with Gasteiger partial charge in [-0.1, -0.05) is 22.0 Å². The summed E-state index contributed by atoms with van der Waals surface area (Å²) in [5.74, 6) is 0.962. The van der Waals surface area contributed by atoms with E-state index in [1.165, 1.54) is 16.3 Å². The summed E-state index contributed by atoms with van der Waals surface area (Å²) in [4.78, 5) is 8.40. The molecule has 2 N–H and O–H groups in total. The van der Waals surface area contributed by atoms with Crippen LogP contribution < -0.4 is 5.32 Å². The summed E-state index contributed by atoms with van der Waals surface area (Å²) in [6.07, 6.45) is 0.858. The maximum Gasteiger partial charge on any atom is 0.136 e. The molecule has 0 saturated heterocycles. The molecule has 3 nitrogen and oxygen atoms in total. The van der Waals surface area contributed by atoms with Gasteiger partial charge in [0, 0.05) is 39.4 Å². The SMILES string of the molecule is CCNc1nc(Cc2ccsc2)cc2[nH]c3cc(Br)ccc3c12. The third kappa shape index (κ3) is 2.75. The van der Waals surface area contributed by atoms with Gasteiger partial charge >= 0.3 is 0 Å². The van der Waals surface area contributed by atoms with Crippen molar-refractivity contribution in [1.29, 1.82) is 0 Å². The summed E-state index contributed by atoms with van der Waals surface area (Å²) >= 11 is 5.27. The smallest absolute Gasteiger partial charge is 0.136 e. The molecule has 0 saturated carbocycles. The maximum atomic E-state index is 4.87. The maximum absolute atomic E-state index is 4.87. The van der Waals surface area contributed by atoms with E-state index in [0.29, 0.717) is 0 Å². The van der Waals surface area contributed by atoms with Crippen LogP contribution in [0, 0.1) is 0 Å². The van der Waals surface area contributed by atoms with Crippen molar-refractivity contribution in [3.63, 3.8) is 0 Å². The largest absolute Gasteiger partial charge is 0.370 e. The minimum absolute atomic E-state index is 0.854. The molecule has 0 unspecified atom stereocenters. The summed E-state index contributed by atoms with van der Waals surface area (Å²) in [6.45, 7) is 2.96. The Morgan fingerprint density at radius 2 is 2.13 bits per heavy atom. The van der Waals surface area contributed by atoms with E-state index in [4.69, 9.17) is 4.98 Å². The van der Waals surface area contributed by atoms with Crippen LogP contribution in [0.25, 0.3) is 21.8 Å². The second-order valence-electron chi connectivity index (χ2n) is 5.54. The third-order valence-corrected chi connectivity index (χ3v) is 5.13. The highest BCUT2D eigenvalue weighted by atomic mass is 79.9. The molecule has 0 atom stereocenters. The lowest BCUT2D eigenvalue weighted by atomic mass is 10.1. The van der Waals surface area contributed by atoms with Crippen molar-refractivity contribution in [1.82, 2.24) is 9.97 Å². The van der Waals surface area contributed by atoms with Crippen LogP contribution in [0.4, 0.5) is 5.82 Å². The van der Waals surface area contributed by atoms with E-state index < -0.39 is 0 Å². The molecule has 0 aliphatic rings. The number of rotatable bonds is 4. The highest BCUT2D eigenvalue weighted by Crippen LogP contribution is 2.33. The van der Waals surface area contributed by atoms with Crippen LogP contribution in [-0.2, 0) is 6.42 Å². The quantitative estimate of drug-likeness (QED) is 0.482. The first-order valence-electron chi connectivity index (χ1n) is 7.60. The molecule has 4 rings (SSSR count). The van der Waals surface area contributed by atoms with Gasteiger partial charge in [-0.15, -0.1) is 0 Å². The van der Waals surface area contributed by atoms with Crippen molar-refractivity contribution >= 4 is 54.9 Å². The zero-order chi connectivity index (χ0) is 15.8. The van der Waals surface area contributed by atoms with Crippen LogP contribution in [0.3, 0.4) is 0 Å². The lowest BCUT2D eigenvalue weighted by molar-refractivity contribution is 1.07. The number of pyridine rings is 1. The van der Waals surface area contributed by atoms with Gasteiger partial charge in [-0.05, 0) is 47.5 Å². The number of fused-ring (bicyclic) bond motifs is 3. The zero-order valence-electron chi connectivity index (χ0n) is 12.7.